The average Bonchev–Trinajstić information content (AvgIpc) is 2.68. The van der Waals surface area contributed by atoms with Crippen LogP contribution >= 0.6 is 0 Å². The van der Waals surface area contributed by atoms with Gasteiger partial charge in [0.05, 0.1) is 12.1 Å². The number of fused-ring (bicyclic) bond motifs is 1. The monoisotopic (exact) mass is 249 g/mol. The van der Waals surface area contributed by atoms with Crippen molar-refractivity contribution in [3.8, 4) is 0 Å². The molecule has 1 aliphatic rings. The molecule has 96 valence electrons. The van der Waals surface area contributed by atoms with Crippen LogP contribution in [-0.2, 0) is 4.74 Å². The predicted octanol–water partition coefficient (Wildman–Crippen LogP) is 2.36. The first-order valence-electron chi connectivity index (χ1n) is 6.18. The van der Waals surface area contributed by atoms with Crippen molar-refractivity contribution in [2.75, 3.05) is 18.9 Å². The highest BCUT2D eigenvalue weighted by atomic mass is 19.1. The van der Waals surface area contributed by atoms with Crippen molar-refractivity contribution in [1.29, 1.82) is 0 Å². The maximum atomic E-state index is 13.7. The molecule has 0 spiro atoms. The molecule has 0 bridgehead atoms. The van der Waals surface area contributed by atoms with Crippen molar-refractivity contribution in [2.24, 2.45) is 5.92 Å². The van der Waals surface area contributed by atoms with E-state index < -0.39 is 0 Å². The first-order valence-corrected chi connectivity index (χ1v) is 6.18. The Kier molecular flexibility index (Phi) is 2.70. The zero-order chi connectivity index (χ0) is 12.7. The van der Waals surface area contributed by atoms with Gasteiger partial charge in [-0.1, -0.05) is 13.0 Å². The second-order valence-corrected chi connectivity index (χ2v) is 4.86. The molecule has 2 N–H and O–H groups in total. The van der Waals surface area contributed by atoms with E-state index in [4.69, 9.17) is 10.5 Å². The number of aromatic nitrogens is 2. The number of benzene rings is 1. The van der Waals surface area contributed by atoms with Crippen LogP contribution in [0.5, 0.6) is 0 Å². The lowest BCUT2D eigenvalue weighted by molar-refractivity contribution is 0.0304. The number of nitrogens with zero attached hydrogens (tertiary/aromatic N) is 2. The van der Waals surface area contributed by atoms with Gasteiger partial charge >= 0.3 is 0 Å². The van der Waals surface area contributed by atoms with Gasteiger partial charge in [-0.15, -0.1) is 0 Å². The van der Waals surface area contributed by atoms with Gasteiger partial charge in [0, 0.05) is 18.6 Å². The average molecular weight is 249 g/mol. The molecule has 2 heterocycles. The minimum absolute atomic E-state index is 0.227. The topological polar surface area (TPSA) is 53.1 Å². The fourth-order valence-electron chi connectivity index (χ4n) is 2.70. The van der Waals surface area contributed by atoms with E-state index >= 15 is 0 Å². The largest absolute Gasteiger partial charge is 0.381 e. The van der Waals surface area contributed by atoms with E-state index in [9.17, 15) is 4.39 Å². The highest BCUT2D eigenvalue weighted by Crippen LogP contribution is 2.33. The van der Waals surface area contributed by atoms with Gasteiger partial charge in [-0.05, 0) is 18.6 Å². The number of anilines is 1. The first-order chi connectivity index (χ1) is 8.68. The van der Waals surface area contributed by atoms with Gasteiger partial charge < -0.3 is 15.0 Å². The van der Waals surface area contributed by atoms with Crippen molar-refractivity contribution in [2.45, 2.75) is 19.4 Å². The van der Waals surface area contributed by atoms with Gasteiger partial charge in [0.1, 0.15) is 5.52 Å². The van der Waals surface area contributed by atoms with Crippen molar-refractivity contribution in [3.63, 3.8) is 0 Å². The Balaban J connectivity index is 2.16. The minimum atomic E-state index is -0.322. The molecule has 0 saturated carbocycles. The maximum absolute atomic E-state index is 13.7. The molecule has 1 aromatic carbocycles. The third kappa shape index (κ3) is 1.66. The maximum Gasteiger partial charge on any atom is 0.201 e. The first kappa shape index (κ1) is 11.5. The molecule has 1 aromatic heterocycles. The van der Waals surface area contributed by atoms with Crippen molar-refractivity contribution < 1.29 is 9.13 Å². The van der Waals surface area contributed by atoms with Crippen molar-refractivity contribution >= 4 is 17.0 Å². The van der Waals surface area contributed by atoms with Crippen LogP contribution in [0, 0.1) is 11.7 Å². The van der Waals surface area contributed by atoms with Crippen LogP contribution in [0.1, 0.15) is 19.4 Å². The fourth-order valence-corrected chi connectivity index (χ4v) is 2.70. The number of imidazole rings is 1. The summed E-state index contributed by atoms with van der Waals surface area (Å²) in [6, 6.07) is 5.20. The molecule has 0 radical (unpaired) electrons. The molecule has 2 atom stereocenters. The number of para-hydroxylation sites is 1. The Morgan fingerprint density at radius 3 is 3.11 bits per heavy atom. The molecule has 1 fully saturated rings. The van der Waals surface area contributed by atoms with Crippen molar-refractivity contribution in [3.05, 3.63) is 24.0 Å². The lowest BCUT2D eigenvalue weighted by atomic mass is 9.97. The Bertz CT molecular complexity index is 581. The van der Waals surface area contributed by atoms with Crippen LogP contribution in [0.15, 0.2) is 18.2 Å². The summed E-state index contributed by atoms with van der Waals surface area (Å²) in [5.74, 6) is 0.410. The Morgan fingerprint density at radius 1 is 1.50 bits per heavy atom. The van der Waals surface area contributed by atoms with E-state index in [-0.39, 0.29) is 11.9 Å². The SMILES string of the molecule is CC1COCCC1n1c(N)nc2c(F)cccc21. The zero-order valence-corrected chi connectivity index (χ0v) is 10.3. The molecule has 4 nitrogen and oxygen atoms in total. The van der Waals surface area contributed by atoms with Gasteiger partial charge in [-0.25, -0.2) is 9.37 Å². The van der Waals surface area contributed by atoms with E-state index in [0.29, 0.717) is 30.6 Å². The molecule has 1 aliphatic heterocycles. The molecule has 1 saturated heterocycles. The molecule has 0 amide bonds. The van der Waals surface area contributed by atoms with Gasteiger partial charge in [-0.3, -0.25) is 0 Å². The number of rotatable bonds is 1. The highest BCUT2D eigenvalue weighted by Gasteiger charge is 2.27. The number of hydrogen-bond donors (Lipinski definition) is 1. The van der Waals surface area contributed by atoms with E-state index in [0.717, 1.165) is 11.9 Å². The molecule has 2 aromatic rings. The molecular weight excluding hydrogens is 233 g/mol. The van der Waals surface area contributed by atoms with Gasteiger partial charge in [0.2, 0.25) is 5.95 Å². The molecule has 18 heavy (non-hydrogen) atoms. The van der Waals surface area contributed by atoms with Crippen LogP contribution < -0.4 is 5.73 Å². The smallest absolute Gasteiger partial charge is 0.201 e. The fraction of sp³-hybridized carbons (Fsp3) is 0.462. The molecule has 2 unspecified atom stereocenters. The van der Waals surface area contributed by atoms with Gasteiger partial charge in [0.25, 0.3) is 0 Å². The number of nitrogens with two attached hydrogens (primary N) is 1. The summed E-state index contributed by atoms with van der Waals surface area (Å²) >= 11 is 0. The molecular formula is C13H16FN3O. The van der Waals surface area contributed by atoms with E-state index in [2.05, 4.69) is 11.9 Å². The minimum Gasteiger partial charge on any atom is -0.381 e. The summed E-state index contributed by atoms with van der Waals surface area (Å²) in [7, 11) is 0. The standard InChI is InChI=1S/C13H16FN3O/c1-8-7-18-6-5-10(8)17-11-4-2-3-9(14)12(11)16-13(17)15/h2-4,8,10H,5-7H2,1H3,(H2,15,16). The van der Waals surface area contributed by atoms with Crippen LogP contribution in [0.2, 0.25) is 0 Å². The van der Waals surface area contributed by atoms with Crippen LogP contribution in [-0.4, -0.2) is 22.8 Å². The second kappa shape index (κ2) is 4.24. The van der Waals surface area contributed by atoms with E-state index in [1.54, 1.807) is 6.07 Å². The van der Waals surface area contributed by atoms with Crippen LogP contribution in [0.25, 0.3) is 11.0 Å². The molecule has 0 aliphatic carbocycles. The molecule has 5 heteroatoms. The third-order valence-corrected chi connectivity index (χ3v) is 3.63. The van der Waals surface area contributed by atoms with Gasteiger partial charge in [-0.2, -0.15) is 0 Å². The summed E-state index contributed by atoms with van der Waals surface area (Å²) in [5.41, 5.74) is 7.08. The highest BCUT2D eigenvalue weighted by molar-refractivity contribution is 5.79. The zero-order valence-electron chi connectivity index (χ0n) is 10.3. The number of hydrogen-bond acceptors (Lipinski definition) is 3. The quantitative estimate of drug-likeness (QED) is 0.844. The predicted molar refractivity (Wildman–Crippen MR) is 67.7 cm³/mol. The summed E-state index contributed by atoms with van der Waals surface area (Å²) in [6.45, 7) is 3.54. The number of nitrogen functional groups attached to an aromatic ring is 1. The summed E-state index contributed by atoms with van der Waals surface area (Å²) < 4.78 is 21.1. The van der Waals surface area contributed by atoms with Crippen molar-refractivity contribution in [1.82, 2.24) is 9.55 Å². The van der Waals surface area contributed by atoms with Crippen LogP contribution in [0.3, 0.4) is 0 Å². The lowest BCUT2D eigenvalue weighted by Gasteiger charge is -2.30. The molecule has 3 rings (SSSR count). The number of halogens is 1. The normalized spacial score (nSPS) is 24.6. The Morgan fingerprint density at radius 2 is 2.33 bits per heavy atom. The van der Waals surface area contributed by atoms with Gasteiger partial charge in [0.15, 0.2) is 5.82 Å². The Labute approximate surface area is 105 Å². The summed E-state index contributed by atoms with van der Waals surface area (Å²) in [5, 5.41) is 0. The van der Waals surface area contributed by atoms with E-state index in [1.807, 2.05) is 10.6 Å². The second-order valence-electron chi connectivity index (χ2n) is 4.86. The third-order valence-electron chi connectivity index (χ3n) is 3.63. The van der Waals surface area contributed by atoms with Crippen LogP contribution in [0.4, 0.5) is 10.3 Å². The Hall–Kier alpha value is -1.62. The van der Waals surface area contributed by atoms with E-state index in [1.165, 1.54) is 6.07 Å². The summed E-state index contributed by atoms with van der Waals surface area (Å²) in [6.07, 6.45) is 0.882. The summed E-state index contributed by atoms with van der Waals surface area (Å²) in [4.78, 5) is 4.15. The lowest BCUT2D eigenvalue weighted by Crippen LogP contribution is -2.28. The number of ether oxygens (including phenoxy) is 1.